The van der Waals surface area contributed by atoms with Crippen molar-refractivity contribution in [3.8, 4) is 5.75 Å². The van der Waals surface area contributed by atoms with Crippen LogP contribution in [-0.2, 0) is 10.0 Å². The number of ether oxygens (including phenoxy) is 1. The second-order valence-corrected chi connectivity index (χ2v) is 8.12. The summed E-state index contributed by atoms with van der Waals surface area (Å²) in [6.45, 7) is 6.84. The van der Waals surface area contributed by atoms with Crippen molar-refractivity contribution in [1.82, 2.24) is 4.31 Å². The number of hydrogen-bond donors (Lipinski definition) is 0. The molecule has 4 nitrogen and oxygen atoms in total. The molecule has 1 aromatic rings. The van der Waals surface area contributed by atoms with Gasteiger partial charge in [-0.1, -0.05) is 24.9 Å². The Labute approximate surface area is 138 Å². The van der Waals surface area contributed by atoms with E-state index in [-0.39, 0.29) is 10.9 Å². The van der Waals surface area contributed by atoms with Crippen molar-refractivity contribution in [2.45, 2.75) is 57.4 Å². The Morgan fingerprint density at radius 1 is 1.36 bits per heavy atom. The number of rotatable bonds is 5. The van der Waals surface area contributed by atoms with Crippen LogP contribution < -0.4 is 4.74 Å². The molecule has 6 heteroatoms. The minimum Gasteiger partial charge on any atom is -0.492 e. The highest BCUT2D eigenvalue weighted by molar-refractivity contribution is 7.89. The lowest BCUT2D eigenvalue weighted by Gasteiger charge is -2.32. The Balaban J connectivity index is 2.46. The van der Waals surface area contributed by atoms with Gasteiger partial charge in [-0.2, -0.15) is 4.31 Å². The molecule has 0 radical (unpaired) electrons. The minimum atomic E-state index is -3.59. The van der Waals surface area contributed by atoms with E-state index in [1.54, 1.807) is 10.4 Å². The minimum absolute atomic E-state index is 0.0119. The van der Waals surface area contributed by atoms with Crippen LogP contribution in [0.25, 0.3) is 0 Å². The molecule has 0 spiro atoms. The molecule has 22 heavy (non-hydrogen) atoms. The van der Waals surface area contributed by atoms with Gasteiger partial charge >= 0.3 is 0 Å². The van der Waals surface area contributed by atoms with Gasteiger partial charge in [0.05, 0.1) is 6.61 Å². The topological polar surface area (TPSA) is 46.6 Å². The van der Waals surface area contributed by atoms with Crippen LogP contribution in [0.15, 0.2) is 17.0 Å². The van der Waals surface area contributed by atoms with Crippen molar-refractivity contribution in [1.29, 1.82) is 0 Å². The van der Waals surface area contributed by atoms with Gasteiger partial charge in [-0.05, 0) is 50.8 Å². The van der Waals surface area contributed by atoms with E-state index in [4.69, 9.17) is 16.3 Å². The fourth-order valence-electron chi connectivity index (χ4n) is 2.72. The lowest BCUT2D eigenvalue weighted by Crippen LogP contribution is -2.42. The van der Waals surface area contributed by atoms with Gasteiger partial charge in [0.1, 0.15) is 10.6 Å². The standard InChI is InChI=1S/C16H24ClNO3S/c1-4-9-21-15-10-12(2)14(17)11-16(15)22(19,20)18-8-6-5-7-13(18)3/h10-11,13H,4-9H2,1-3H3/t13-/m0/s1. The molecule has 0 unspecified atom stereocenters. The molecule has 0 aromatic heterocycles. The van der Waals surface area contributed by atoms with Gasteiger partial charge in [-0.15, -0.1) is 0 Å². The van der Waals surface area contributed by atoms with Gasteiger partial charge in [0.2, 0.25) is 10.0 Å². The number of nitrogens with zero attached hydrogens (tertiary/aromatic N) is 1. The van der Waals surface area contributed by atoms with E-state index in [2.05, 4.69) is 0 Å². The van der Waals surface area contributed by atoms with Crippen LogP contribution in [0.1, 0.15) is 45.1 Å². The molecule has 124 valence electrons. The van der Waals surface area contributed by atoms with Crippen LogP contribution in [0.2, 0.25) is 5.02 Å². The molecular weight excluding hydrogens is 322 g/mol. The Morgan fingerprint density at radius 3 is 2.73 bits per heavy atom. The molecule has 0 aliphatic carbocycles. The van der Waals surface area contributed by atoms with E-state index in [9.17, 15) is 8.42 Å². The predicted octanol–water partition coefficient (Wildman–Crippen LogP) is 4.00. The maximum Gasteiger partial charge on any atom is 0.247 e. The summed E-state index contributed by atoms with van der Waals surface area (Å²) >= 11 is 6.16. The number of halogens is 1. The Morgan fingerprint density at radius 2 is 2.09 bits per heavy atom. The van der Waals surface area contributed by atoms with Crippen molar-refractivity contribution in [2.75, 3.05) is 13.2 Å². The molecule has 0 saturated carbocycles. The van der Waals surface area contributed by atoms with Crippen molar-refractivity contribution < 1.29 is 13.2 Å². The average Bonchev–Trinajstić information content (AvgIpc) is 2.48. The average molecular weight is 346 g/mol. The molecular formula is C16H24ClNO3S. The Bertz CT molecular complexity index is 631. The number of aryl methyl sites for hydroxylation is 1. The molecule has 0 amide bonds. The summed E-state index contributed by atoms with van der Waals surface area (Å²) in [5, 5.41) is 0.451. The first-order valence-electron chi connectivity index (χ1n) is 7.82. The van der Waals surface area contributed by atoms with E-state index in [1.165, 1.54) is 6.07 Å². The predicted molar refractivity (Wildman–Crippen MR) is 89.2 cm³/mol. The summed E-state index contributed by atoms with van der Waals surface area (Å²) < 4.78 is 33.3. The van der Waals surface area contributed by atoms with Crippen LogP contribution in [0.5, 0.6) is 5.75 Å². The maximum atomic E-state index is 13.0. The zero-order valence-corrected chi connectivity index (χ0v) is 15.0. The molecule has 1 saturated heterocycles. The largest absolute Gasteiger partial charge is 0.492 e. The van der Waals surface area contributed by atoms with Crippen molar-refractivity contribution in [3.63, 3.8) is 0 Å². The SMILES string of the molecule is CCCOc1cc(C)c(Cl)cc1S(=O)(=O)N1CCCC[C@@H]1C. The summed E-state index contributed by atoms with van der Waals surface area (Å²) in [7, 11) is -3.59. The van der Waals surface area contributed by atoms with Gasteiger partial charge in [-0.25, -0.2) is 8.42 Å². The molecule has 1 aliphatic heterocycles. The van der Waals surface area contributed by atoms with E-state index in [1.807, 2.05) is 20.8 Å². The summed E-state index contributed by atoms with van der Waals surface area (Å²) in [6.07, 6.45) is 3.68. The van der Waals surface area contributed by atoms with Crippen LogP contribution in [0, 0.1) is 6.92 Å². The molecule has 0 N–H and O–H groups in total. The van der Waals surface area contributed by atoms with E-state index in [0.717, 1.165) is 31.2 Å². The number of hydrogen-bond acceptors (Lipinski definition) is 3. The van der Waals surface area contributed by atoms with Crippen molar-refractivity contribution in [2.24, 2.45) is 0 Å². The molecule has 1 atom stereocenters. The fourth-order valence-corrected chi connectivity index (χ4v) is 4.79. The Kier molecular flexibility index (Phi) is 5.75. The molecule has 1 aliphatic rings. The van der Waals surface area contributed by atoms with Gasteiger partial charge < -0.3 is 4.74 Å². The van der Waals surface area contributed by atoms with Gasteiger partial charge in [0.15, 0.2) is 0 Å². The maximum absolute atomic E-state index is 13.0. The van der Waals surface area contributed by atoms with Gasteiger partial charge in [0.25, 0.3) is 0 Å². The molecule has 0 bridgehead atoms. The third-order valence-corrected chi connectivity index (χ3v) is 6.46. The summed E-state index contributed by atoms with van der Waals surface area (Å²) in [6, 6.07) is 3.26. The zero-order valence-electron chi connectivity index (χ0n) is 13.4. The van der Waals surface area contributed by atoms with E-state index in [0.29, 0.717) is 23.9 Å². The monoisotopic (exact) mass is 345 g/mol. The van der Waals surface area contributed by atoms with Crippen molar-refractivity contribution >= 4 is 21.6 Å². The summed E-state index contributed by atoms with van der Waals surface area (Å²) in [5.41, 5.74) is 0.818. The lowest BCUT2D eigenvalue weighted by atomic mass is 10.1. The van der Waals surface area contributed by atoms with Crippen LogP contribution >= 0.6 is 11.6 Å². The number of sulfonamides is 1. The molecule has 2 rings (SSSR count). The van der Waals surface area contributed by atoms with Crippen LogP contribution in [0.3, 0.4) is 0 Å². The first-order chi connectivity index (χ1) is 10.4. The van der Waals surface area contributed by atoms with Crippen LogP contribution in [-0.4, -0.2) is 31.9 Å². The first-order valence-corrected chi connectivity index (χ1v) is 9.64. The summed E-state index contributed by atoms with van der Waals surface area (Å²) in [4.78, 5) is 0.185. The fraction of sp³-hybridized carbons (Fsp3) is 0.625. The second-order valence-electron chi connectivity index (χ2n) is 5.86. The molecule has 1 fully saturated rings. The number of benzene rings is 1. The molecule has 1 heterocycles. The smallest absolute Gasteiger partial charge is 0.247 e. The highest BCUT2D eigenvalue weighted by Crippen LogP contribution is 2.34. The quantitative estimate of drug-likeness (QED) is 0.810. The first kappa shape index (κ1) is 17.6. The third-order valence-electron chi connectivity index (χ3n) is 4.02. The summed E-state index contributed by atoms with van der Waals surface area (Å²) in [5.74, 6) is 0.404. The van der Waals surface area contributed by atoms with Crippen LogP contribution in [0.4, 0.5) is 0 Å². The highest BCUT2D eigenvalue weighted by Gasteiger charge is 2.33. The second kappa shape index (κ2) is 7.20. The lowest BCUT2D eigenvalue weighted by molar-refractivity contribution is 0.265. The molecule has 1 aromatic carbocycles. The normalized spacial score (nSPS) is 20.1. The third kappa shape index (κ3) is 3.58. The van der Waals surface area contributed by atoms with Crippen molar-refractivity contribution in [3.05, 3.63) is 22.7 Å². The Hall–Kier alpha value is -0.780. The zero-order chi connectivity index (χ0) is 16.3. The van der Waals surface area contributed by atoms with Gasteiger partial charge in [-0.3, -0.25) is 0 Å². The number of piperidine rings is 1. The van der Waals surface area contributed by atoms with E-state index >= 15 is 0 Å². The van der Waals surface area contributed by atoms with Gasteiger partial charge in [0, 0.05) is 17.6 Å². The van der Waals surface area contributed by atoms with E-state index < -0.39 is 10.0 Å². The highest BCUT2D eigenvalue weighted by atomic mass is 35.5.